The lowest BCUT2D eigenvalue weighted by molar-refractivity contribution is 0.0974. The first kappa shape index (κ1) is 10.6. The summed E-state index contributed by atoms with van der Waals surface area (Å²) in [6, 6.07) is 17.4. The maximum Gasteiger partial charge on any atom is 0.284 e. The molecule has 18 heavy (non-hydrogen) atoms. The average Bonchev–Trinajstić information content (AvgIpc) is 2.88. The van der Waals surface area contributed by atoms with E-state index in [1.807, 2.05) is 36.4 Å². The van der Waals surface area contributed by atoms with Crippen molar-refractivity contribution in [2.45, 2.75) is 0 Å². The van der Waals surface area contributed by atoms with Gasteiger partial charge < -0.3 is 10.2 Å². The van der Waals surface area contributed by atoms with Crippen LogP contribution in [-0.2, 0) is 0 Å². The van der Waals surface area contributed by atoms with Gasteiger partial charge in [-0.25, -0.2) is 0 Å². The number of carbonyl (C=O) groups is 1. The number of benzene rings is 2. The Bertz CT molecular complexity index is 728. The Balaban J connectivity index is 2.10. The number of carbonyl (C=O) groups excluding carboxylic acids is 1. The SMILES string of the molecule is NC(=O)c1ccc(-c2ccc3ccccc3c2)o1. The summed E-state index contributed by atoms with van der Waals surface area (Å²) < 4.78 is 5.41. The molecule has 0 bridgehead atoms. The molecule has 3 nitrogen and oxygen atoms in total. The van der Waals surface area contributed by atoms with Gasteiger partial charge in [-0.15, -0.1) is 0 Å². The predicted octanol–water partition coefficient (Wildman–Crippen LogP) is 3.20. The largest absolute Gasteiger partial charge is 0.451 e. The van der Waals surface area contributed by atoms with Gasteiger partial charge in [0.2, 0.25) is 0 Å². The van der Waals surface area contributed by atoms with Gasteiger partial charge in [-0.05, 0) is 29.0 Å². The Hall–Kier alpha value is -2.55. The molecule has 3 heteroatoms. The van der Waals surface area contributed by atoms with E-state index in [1.165, 1.54) is 5.39 Å². The van der Waals surface area contributed by atoms with Crippen molar-refractivity contribution >= 4 is 16.7 Å². The molecule has 88 valence electrons. The summed E-state index contributed by atoms with van der Waals surface area (Å²) in [6.07, 6.45) is 0. The molecule has 1 amide bonds. The van der Waals surface area contributed by atoms with Crippen LogP contribution in [-0.4, -0.2) is 5.91 Å². The summed E-state index contributed by atoms with van der Waals surface area (Å²) in [7, 11) is 0. The van der Waals surface area contributed by atoms with E-state index in [1.54, 1.807) is 12.1 Å². The van der Waals surface area contributed by atoms with Gasteiger partial charge in [-0.3, -0.25) is 4.79 Å². The topological polar surface area (TPSA) is 56.2 Å². The lowest BCUT2D eigenvalue weighted by Gasteiger charge is -2.00. The number of amides is 1. The first-order valence-corrected chi connectivity index (χ1v) is 5.63. The lowest BCUT2D eigenvalue weighted by atomic mass is 10.1. The highest BCUT2D eigenvalue weighted by Crippen LogP contribution is 2.25. The van der Waals surface area contributed by atoms with Gasteiger partial charge in [0.1, 0.15) is 5.76 Å². The molecule has 0 unspecified atom stereocenters. The second kappa shape index (κ2) is 4.04. The van der Waals surface area contributed by atoms with Crippen molar-refractivity contribution in [1.82, 2.24) is 0 Å². The summed E-state index contributed by atoms with van der Waals surface area (Å²) in [5, 5.41) is 2.30. The maximum atomic E-state index is 11.0. The molecule has 0 aliphatic rings. The van der Waals surface area contributed by atoms with Crippen LogP contribution in [0.15, 0.2) is 59.0 Å². The second-order valence-electron chi connectivity index (χ2n) is 4.09. The second-order valence-corrected chi connectivity index (χ2v) is 4.09. The van der Waals surface area contributed by atoms with Crippen molar-refractivity contribution in [3.8, 4) is 11.3 Å². The first-order chi connectivity index (χ1) is 8.74. The minimum atomic E-state index is -0.554. The van der Waals surface area contributed by atoms with E-state index < -0.39 is 5.91 Å². The molecule has 2 N–H and O–H groups in total. The summed E-state index contributed by atoms with van der Waals surface area (Å²) in [5.41, 5.74) is 6.09. The van der Waals surface area contributed by atoms with Gasteiger partial charge in [0.25, 0.3) is 5.91 Å². The van der Waals surface area contributed by atoms with Crippen LogP contribution in [0.3, 0.4) is 0 Å². The Morgan fingerprint density at radius 2 is 1.72 bits per heavy atom. The molecule has 3 rings (SSSR count). The van der Waals surface area contributed by atoms with Crippen molar-refractivity contribution in [3.63, 3.8) is 0 Å². The molecular formula is C15H11NO2. The minimum absolute atomic E-state index is 0.179. The van der Waals surface area contributed by atoms with Gasteiger partial charge in [-0.2, -0.15) is 0 Å². The predicted molar refractivity (Wildman–Crippen MR) is 70.2 cm³/mol. The number of primary amides is 1. The molecule has 1 heterocycles. The Morgan fingerprint density at radius 1 is 0.944 bits per heavy atom. The van der Waals surface area contributed by atoms with Crippen LogP contribution in [0.5, 0.6) is 0 Å². The van der Waals surface area contributed by atoms with Crippen molar-refractivity contribution in [2.24, 2.45) is 5.73 Å². The first-order valence-electron chi connectivity index (χ1n) is 5.63. The molecule has 0 atom stereocenters. The van der Waals surface area contributed by atoms with Crippen LogP contribution >= 0.6 is 0 Å². The molecule has 0 aliphatic heterocycles. The minimum Gasteiger partial charge on any atom is -0.451 e. The van der Waals surface area contributed by atoms with Crippen molar-refractivity contribution in [1.29, 1.82) is 0 Å². The van der Waals surface area contributed by atoms with E-state index >= 15 is 0 Å². The van der Waals surface area contributed by atoms with E-state index in [-0.39, 0.29) is 5.76 Å². The molecular weight excluding hydrogens is 226 g/mol. The van der Waals surface area contributed by atoms with E-state index in [0.717, 1.165) is 10.9 Å². The fourth-order valence-corrected chi connectivity index (χ4v) is 1.97. The highest BCUT2D eigenvalue weighted by molar-refractivity contribution is 5.91. The van der Waals surface area contributed by atoms with Gasteiger partial charge in [0, 0.05) is 5.56 Å². The summed E-state index contributed by atoms with van der Waals surface area (Å²) in [6.45, 7) is 0. The molecule has 0 aliphatic carbocycles. The third kappa shape index (κ3) is 1.76. The van der Waals surface area contributed by atoms with Gasteiger partial charge >= 0.3 is 0 Å². The van der Waals surface area contributed by atoms with E-state index in [9.17, 15) is 4.79 Å². The molecule has 0 saturated carbocycles. The molecule has 0 saturated heterocycles. The zero-order chi connectivity index (χ0) is 12.5. The quantitative estimate of drug-likeness (QED) is 0.744. The summed E-state index contributed by atoms with van der Waals surface area (Å²) >= 11 is 0. The number of fused-ring (bicyclic) bond motifs is 1. The molecule has 2 aromatic carbocycles. The van der Waals surface area contributed by atoms with Crippen molar-refractivity contribution in [2.75, 3.05) is 0 Å². The Morgan fingerprint density at radius 3 is 2.44 bits per heavy atom. The van der Waals surface area contributed by atoms with E-state index in [2.05, 4.69) is 6.07 Å². The zero-order valence-electron chi connectivity index (χ0n) is 9.59. The maximum absolute atomic E-state index is 11.0. The standard InChI is InChI=1S/C15H11NO2/c16-15(17)14-8-7-13(18-14)12-6-5-10-3-1-2-4-11(10)9-12/h1-9H,(H2,16,17). The zero-order valence-corrected chi connectivity index (χ0v) is 9.59. The van der Waals surface area contributed by atoms with Gasteiger partial charge in [-0.1, -0.05) is 36.4 Å². The van der Waals surface area contributed by atoms with Crippen LogP contribution in [0.1, 0.15) is 10.6 Å². The molecule has 0 spiro atoms. The summed E-state index contributed by atoms with van der Waals surface area (Å²) in [4.78, 5) is 11.0. The molecule has 1 aromatic heterocycles. The third-order valence-corrected chi connectivity index (χ3v) is 2.88. The number of hydrogen-bond acceptors (Lipinski definition) is 2. The van der Waals surface area contributed by atoms with Crippen molar-refractivity contribution < 1.29 is 9.21 Å². The number of hydrogen-bond donors (Lipinski definition) is 1. The normalized spacial score (nSPS) is 10.7. The fraction of sp³-hybridized carbons (Fsp3) is 0. The molecule has 0 radical (unpaired) electrons. The van der Waals surface area contributed by atoms with Crippen LogP contribution in [0.25, 0.3) is 22.1 Å². The number of rotatable bonds is 2. The fourth-order valence-electron chi connectivity index (χ4n) is 1.97. The lowest BCUT2D eigenvalue weighted by Crippen LogP contribution is -2.09. The van der Waals surface area contributed by atoms with E-state index in [0.29, 0.717) is 5.76 Å². The Kier molecular flexibility index (Phi) is 2.38. The molecule has 3 aromatic rings. The monoisotopic (exact) mass is 237 g/mol. The number of nitrogens with two attached hydrogens (primary N) is 1. The van der Waals surface area contributed by atoms with Crippen LogP contribution in [0, 0.1) is 0 Å². The highest BCUT2D eigenvalue weighted by atomic mass is 16.3. The van der Waals surface area contributed by atoms with Crippen LogP contribution < -0.4 is 5.73 Å². The third-order valence-electron chi connectivity index (χ3n) is 2.88. The van der Waals surface area contributed by atoms with Crippen LogP contribution in [0.4, 0.5) is 0 Å². The summed E-state index contributed by atoms with van der Waals surface area (Å²) in [5.74, 6) is 0.273. The number of furan rings is 1. The molecule has 0 fully saturated rings. The smallest absolute Gasteiger partial charge is 0.284 e. The van der Waals surface area contributed by atoms with Gasteiger partial charge in [0.15, 0.2) is 5.76 Å². The van der Waals surface area contributed by atoms with Gasteiger partial charge in [0.05, 0.1) is 0 Å². The highest BCUT2D eigenvalue weighted by Gasteiger charge is 2.08. The van der Waals surface area contributed by atoms with Crippen molar-refractivity contribution in [3.05, 3.63) is 60.4 Å². The Labute approximate surface area is 104 Å². The van der Waals surface area contributed by atoms with E-state index in [4.69, 9.17) is 10.2 Å². The average molecular weight is 237 g/mol. The van der Waals surface area contributed by atoms with Crippen LogP contribution in [0.2, 0.25) is 0 Å².